The summed E-state index contributed by atoms with van der Waals surface area (Å²) in [7, 11) is 0. The summed E-state index contributed by atoms with van der Waals surface area (Å²) in [5.41, 5.74) is 3.85. The number of aryl methyl sites for hydroxylation is 1. The first kappa shape index (κ1) is 14.1. The molecule has 1 heterocycles. The molecular formula is C17H23N3O. The smallest absolute Gasteiger partial charge is 0.247 e. The van der Waals surface area contributed by atoms with Crippen LogP contribution in [-0.2, 0) is 0 Å². The molecule has 1 fully saturated rings. The Morgan fingerprint density at radius 2 is 2.19 bits per heavy atom. The molecule has 3 rings (SSSR count). The number of nitrogens with zero attached hydrogens (tertiary/aromatic N) is 2. The zero-order chi connectivity index (χ0) is 14.9. The molecule has 1 unspecified atom stereocenters. The van der Waals surface area contributed by atoms with Crippen molar-refractivity contribution in [2.45, 2.75) is 52.5 Å². The predicted octanol–water partition coefficient (Wildman–Crippen LogP) is 4.43. The van der Waals surface area contributed by atoms with E-state index >= 15 is 0 Å². The van der Waals surface area contributed by atoms with Gasteiger partial charge in [-0.05, 0) is 55.4 Å². The van der Waals surface area contributed by atoms with E-state index in [1.165, 1.54) is 43.3 Å². The fourth-order valence-electron chi connectivity index (χ4n) is 3.30. The Hall–Kier alpha value is -1.84. The minimum Gasteiger partial charge on any atom is -0.423 e. The Labute approximate surface area is 126 Å². The van der Waals surface area contributed by atoms with Gasteiger partial charge in [-0.3, -0.25) is 0 Å². The molecule has 0 bridgehead atoms. The Balaban J connectivity index is 1.74. The van der Waals surface area contributed by atoms with E-state index in [9.17, 15) is 0 Å². The monoisotopic (exact) mass is 285 g/mol. The number of hydrogen-bond donors (Lipinski definition) is 1. The molecule has 0 saturated heterocycles. The Morgan fingerprint density at radius 3 is 2.86 bits per heavy atom. The predicted molar refractivity (Wildman–Crippen MR) is 84.1 cm³/mol. The topological polar surface area (TPSA) is 51.0 Å². The Bertz CT molecular complexity index is 605. The molecule has 0 radical (unpaired) electrons. The van der Waals surface area contributed by atoms with Crippen LogP contribution in [0.2, 0.25) is 0 Å². The lowest BCUT2D eigenvalue weighted by Crippen LogP contribution is -2.31. The van der Waals surface area contributed by atoms with Gasteiger partial charge in [0.2, 0.25) is 12.3 Å². The summed E-state index contributed by atoms with van der Waals surface area (Å²) in [5.74, 6) is 0.573. The van der Waals surface area contributed by atoms with Crippen molar-refractivity contribution in [1.82, 2.24) is 10.2 Å². The van der Waals surface area contributed by atoms with Gasteiger partial charge in [-0.1, -0.05) is 20.3 Å². The summed E-state index contributed by atoms with van der Waals surface area (Å²) in [6.45, 7) is 6.86. The molecule has 1 N–H and O–H groups in total. The summed E-state index contributed by atoms with van der Waals surface area (Å²) < 4.78 is 5.25. The number of anilines is 1. The molecule has 1 saturated carbocycles. The van der Waals surface area contributed by atoms with Crippen molar-refractivity contribution in [3.05, 3.63) is 30.2 Å². The van der Waals surface area contributed by atoms with E-state index in [4.69, 9.17) is 4.42 Å². The van der Waals surface area contributed by atoms with Crippen molar-refractivity contribution in [3.8, 4) is 11.5 Å². The average Bonchev–Trinajstić information content (AvgIpc) is 2.94. The van der Waals surface area contributed by atoms with Gasteiger partial charge in [-0.25, -0.2) is 0 Å². The number of rotatable bonds is 3. The Kier molecular flexibility index (Phi) is 3.70. The van der Waals surface area contributed by atoms with E-state index in [2.05, 4.69) is 48.4 Å². The average molecular weight is 285 g/mol. The van der Waals surface area contributed by atoms with Crippen LogP contribution in [0.25, 0.3) is 11.5 Å². The molecule has 1 aliphatic rings. The molecule has 1 aromatic carbocycles. The second-order valence-corrected chi connectivity index (χ2v) is 6.88. The molecule has 4 heteroatoms. The van der Waals surface area contributed by atoms with Crippen molar-refractivity contribution < 1.29 is 4.42 Å². The normalized spacial score (nSPS) is 21.2. The van der Waals surface area contributed by atoms with Gasteiger partial charge in [0.05, 0.1) is 0 Å². The standard InChI is InChI=1S/C17H23N3O/c1-12-9-13(16-20-18-11-21-16)6-7-15(12)19-14-5-4-8-17(2,3)10-14/h6-7,9,11,14,19H,4-5,8,10H2,1-3H3. The maximum absolute atomic E-state index is 5.25. The lowest BCUT2D eigenvalue weighted by molar-refractivity contribution is 0.229. The number of aromatic nitrogens is 2. The second-order valence-electron chi connectivity index (χ2n) is 6.88. The van der Waals surface area contributed by atoms with Crippen LogP contribution in [0.5, 0.6) is 0 Å². The van der Waals surface area contributed by atoms with Gasteiger partial charge in [0.15, 0.2) is 0 Å². The summed E-state index contributed by atoms with van der Waals surface area (Å²) in [4.78, 5) is 0. The third-order valence-corrected chi connectivity index (χ3v) is 4.40. The van der Waals surface area contributed by atoms with Gasteiger partial charge in [-0.2, -0.15) is 0 Å². The molecule has 112 valence electrons. The summed E-state index contributed by atoms with van der Waals surface area (Å²) >= 11 is 0. The third kappa shape index (κ3) is 3.26. The Morgan fingerprint density at radius 1 is 1.33 bits per heavy atom. The SMILES string of the molecule is Cc1cc(-c2nnco2)ccc1NC1CCCC(C)(C)C1. The van der Waals surface area contributed by atoms with Crippen molar-refractivity contribution in [1.29, 1.82) is 0 Å². The van der Waals surface area contributed by atoms with Crippen LogP contribution < -0.4 is 5.32 Å². The van der Waals surface area contributed by atoms with Crippen LogP contribution >= 0.6 is 0 Å². The summed E-state index contributed by atoms with van der Waals surface area (Å²) in [5, 5.41) is 11.4. The van der Waals surface area contributed by atoms with E-state index in [-0.39, 0.29) is 0 Å². The lowest BCUT2D eigenvalue weighted by Gasteiger charge is -2.36. The van der Waals surface area contributed by atoms with Gasteiger partial charge in [0.25, 0.3) is 0 Å². The maximum Gasteiger partial charge on any atom is 0.247 e. The van der Waals surface area contributed by atoms with E-state index in [0.717, 1.165) is 5.56 Å². The zero-order valence-corrected chi connectivity index (χ0v) is 13.0. The summed E-state index contributed by atoms with van der Waals surface area (Å²) in [6, 6.07) is 6.83. The fourth-order valence-corrected chi connectivity index (χ4v) is 3.30. The fraction of sp³-hybridized carbons (Fsp3) is 0.529. The van der Waals surface area contributed by atoms with Gasteiger partial charge < -0.3 is 9.73 Å². The van der Waals surface area contributed by atoms with Crippen LogP contribution in [0.1, 0.15) is 45.1 Å². The third-order valence-electron chi connectivity index (χ3n) is 4.40. The van der Waals surface area contributed by atoms with E-state index in [1.54, 1.807) is 0 Å². The second kappa shape index (κ2) is 5.51. The maximum atomic E-state index is 5.25. The van der Waals surface area contributed by atoms with Crippen molar-refractivity contribution in [3.63, 3.8) is 0 Å². The molecular weight excluding hydrogens is 262 g/mol. The van der Waals surface area contributed by atoms with Crippen LogP contribution in [-0.4, -0.2) is 16.2 Å². The molecule has 1 aromatic heterocycles. The molecule has 4 nitrogen and oxygen atoms in total. The largest absolute Gasteiger partial charge is 0.423 e. The highest BCUT2D eigenvalue weighted by molar-refractivity contribution is 5.62. The molecule has 0 aliphatic heterocycles. The lowest BCUT2D eigenvalue weighted by atomic mass is 9.75. The van der Waals surface area contributed by atoms with Crippen LogP contribution in [0.15, 0.2) is 29.0 Å². The van der Waals surface area contributed by atoms with Crippen LogP contribution in [0, 0.1) is 12.3 Å². The van der Waals surface area contributed by atoms with Gasteiger partial charge in [0.1, 0.15) is 0 Å². The van der Waals surface area contributed by atoms with Crippen LogP contribution in [0.4, 0.5) is 5.69 Å². The summed E-state index contributed by atoms with van der Waals surface area (Å²) in [6.07, 6.45) is 6.50. The van der Waals surface area contributed by atoms with E-state index < -0.39 is 0 Å². The number of hydrogen-bond acceptors (Lipinski definition) is 4. The minimum atomic E-state index is 0.452. The minimum absolute atomic E-state index is 0.452. The molecule has 1 aliphatic carbocycles. The molecule has 0 spiro atoms. The first-order valence-electron chi connectivity index (χ1n) is 7.67. The quantitative estimate of drug-likeness (QED) is 0.906. The first-order chi connectivity index (χ1) is 10.0. The zero-order valence-electron chi connectivity index (χ0n) is 13.0. The molecule has 1 atom stereocenters. The van der Waals surface area contributed by atoms with E-state index in [0.29, 0.717) is 17.3 Å². The highest BCUT2D eigenvalue weighted by atomic mass is 16.4. The van der Waals surface area contributed by atoms with Gasteiger partial charge in [-0.15, -0.1) is 10.2 Å². The number of nitrogens with one attached hydrogen (secondary N) is 1. The highest BCUT2D eigenvalue weighted by Crippen LogP contribution is 2.37. The van der Waals surface area contributed by atoms with Crippen molar-refractivity contribution >= 4 is 5.69 Å². The van der Waals surface area contributed by atoms with E-state index in [1.807, 2.05) is 6.07 Å². The highest BCUT2D eigenvalue weighted by Gasteiger charge is 2.27. The van der Waals surface area contributed by atoms with Gasteiger partial charge >= 0.3 is 0 Å². The molecule has 0 amide bonds. The number of benzene rings is 1. The molecule has 2 aromatic rings. The van der Waals surface area contributed by atoms with Gasteiger partial charge in [0, 0.05) is 17.3 Å². The van der Waals surface area contributed by atoms with Crippen molar-refractivity contribution in [2.75, 3.05) is 5.32 Å². The van der Waals surface area contributed by atoms with Crippen LogP contribution in [0.3, 0.4) is 0 Å². The first-order valence-corrected chi connectivity index (χ1v) is 7.67. The molecule has 21 heavy (non-hydrogen) atoms. The van der Waals surface area contributed by atoms with Crippen molar-refractivity contribution in [2.24, 2.45) is 5.41 Å².